The molecule has 0 aliphatic carbocycles. The summed E-state index contributed by atoms with van der Waals surface area (Å²) in [6, 6.07) is 5.64. The molecule has 0 atom stereocenters. The van der Waals surface area contributed by atoms with Gasteiger partial charge in [0.05, 0.1) is 18.4 Å². The Labute approximate surface area is 144 Å². The van der Waals surface area contributed by atoms with Crippen molar-refractivity contribution in [2.24, 2.45) is 0 Å². The molecule has 0 spiro atoms. The van der Waals surface area contributed by atoms with Crippen molar-refractivity contribution < 1.29 is 17.9 Å². The van der Waals surface area contributed by atoms with Crippen molar-refractivity contribution in [3.63, 3.8) is 0 Å². The number of rotatable bonds is 5. The first-order chi connectivity index (χ1) is 11.4. The summed E-state index contributed by atoms with van der Waals surface area (Å²) >= 11 is 0. The molecule has 1 amide bonds. The van der Waals surface area contributed by atoms with Crippen LogP contribution in [0.15, 0.2) is 18.2 Å². The van der Waals surface area contributed by atoms with E-state index in [1.165, 1.54) is 4.31 Å². The Bertz CT molecular complexity index is 688. The van der Waals surface area contributed by atoms with Gasteiger partial charge in [-0.3, -0.25) is 4.79 Å². The fraction of sp³-hybridized carbons (Fsp3) is 0.588. The number of carbonyl (C=O) groups is 1. The number of aryl methyl sites for hydroxylation is 1. The van der Waals surface area contributed by atoms with Gasteiger partial charge >= 0.3 is 0 Å². The molecule has 1 aromatic carbocycles. The Morgan fingerprint density at radius 2 is 1.92 bits per heavy atom. The van der Waals surface area contributed by atoms with Crippen LogP contribution < -0.4 is 4.74 Å². The van der Waals surface area contributed by atoms with E-state index in [1.54, 1.807) is 18.9 Å². The van der Waals surface area contributed by atoms with E-state index in [4.69, 9.17) is 4.74 Å². The Kier molecular flexibility index (Phi) is 6.23. The normalized spacial score (nSPS) is 16.7. The molecule has 0 N–H and O–H groups in total. The number of sulfonamides is 1. The van der Waals surface area contributed by atoms with E-state index in [0.29, 0.717) is 43.9 Å². The van der Waals surface area contributed by atoms with Crippen LogP contribution in [0.2, 0.25) is 0 Å². The highest BCUT2D eigenvalue weighted by atomic mass is 32.2. The van der Waals surface area contributed by atoms with Gasteiger partial charge in [-0.15, -0.1) is 0 Å². The summed E-state index contributed by atoms with van der Waals surface area (Å²) in [6.45, 7) is 5.44. The van der Waals surface area contributed by atoms with Crippen LogP contribution in [0.4, 0.5) is 0 Å². The highest BCUT2D eigenvalue weighted by Crippen LogP contribution is 2.23. The maximum absolute atomic E-state index is 12.9. The van der Waals surface area contributed by atoms with Gasteiger partial charge in [0.25, 0.3) is 5.91 Å². The van der Waals surface area contributed by atoms with Gasteiger partial charge in [0.2, 0.25) is 10.0 Å². The van der Waals surface area contributed by atoms with Gasteiger partial charge in [-0.25, -0.2) is 12.7 Å². The lowest BCUT2D eigenvalue weighted by Gasteiger charge is -2.22. The van der Waals surface area contributed by atoms with Gasteiger partial charge in [0, 0.05) is 26.2 Å². The second-order valence-corrected chi connectivity index (χ2v) is 8.09. The third-order valence-corrected chi connectivity index (χ3v) is 6.28. The molecule has 2 rings (SSSR count). The largest absolute Gasteiger partial charge is 0.496 e. The maximum Gasteiger partial charge on any atom is 0.257 e. The zero-order valence-corrected chi connectivity index (χ0v) is 15.4. The quantitative estimate of drug-likeness (QED) is 0.808. The minimum Gasteiger partial charge on any atom is -0.496 e. The third-order valence-electron chi connectivity index (χ3n) is 4.40. The lowest BCUT2D eigenvalue weighted by molar-refractivity contribution is 0.0760. The van der Waals surface area contributed by atoms with Crippen LogP contribution in [0.25, 0.3) is 0 Å². The molecule has 0 saturated carbocycles. The van der Waals surface area contributed by atoms with Gasteiger partial charge in [-0.2, -0.15) is 0 Å². The smallest absolute Gasteiger partial charge is 0.257 e. The number of amides is 1. The number of nitrogens with zero attached hydrogens (tertiary/aromatic N) is 2. The maximum atomic E-state index is 12.9. The van der Waals surface area contributed by atoms with Crippen molar-refractivity contribution in [3.05, 3.63) is 29.3 Å². The number of carbonyl (C=O) groups excluding carboxylic acids is 1. The van der Waals surface area contributed by atoms with E-state index in [1.807, 2.05) is 25.1 Å². The van der Waals surface area contributed by atoms with Crippen molar-refractivity contribution >= 4 is 15.9 Å². The fourth-order valence-corrected chi connectivity index (χ4v) is 4.00. The zero-order chi connectivity index (χ0) is 17.7. The van der Waals surface area contributed by atoms with Gasteiger partial charge in [0.1, 0.15) is 5.75 Å². The molecule has 0 aromatic heterocycles. The summed E-state index contributed by atoms with van der Waals surface area (Å²) in [7, 11) is -1.66. The van der Waals surface area contributed by atoms with Crippen LogP contribution in [0.1, 0.15) is 36.2 Å². The molecule has 0 unspecified atom stereocenters. The van der Waals surface area contributed by atoms with Gasteiger partial charge < -0.3 is 9.64 Å². The molecule has 6 nitrogen and oxygen atoms in total. The molecule has 1 aliphatic rings. The molecule has 1 saturated heterocycles. The molecular formula is C17H26N2O4S. The van der Waals surface area contributed by atoms with E-state index >= 15 is 0 Å². The highest BCUT2D eigenvalue weighted by Gasteiger charge is 2.27. The van der Waals surface area contributed by atoms with Gasteiger partial charge in [-0.05, 0) is 37.5 Å². The summed E-state index contributed by atoms with van der Waals surface area (Å²) in [6.07, 6.45) is 1.48. The van der Waals surface area contributed by atoms with Crippen molar-refractivity contribution in [2.45, 2.75) is 26.7 Å². The van der Waals surface area contributed by atoms with Crippen LogP contribution in [0, 0.1) is 0 Å². The van der Waals surface area contributed by atoms with Crippen molar-refractivity contribution in [2.75, 3.05) is 39.0 Å². The number of methoxy groups -OCH3 is 1. The van der Waals surface area contributed by atoms with E-state index in [9.17, 15) is 13.2 Å². The lowest BCUT2D eigenvalue weighted by Crippen LogP contribution is -2.38. The first-order valence-corrected chi connectivity index (χ1v) is 9.97. The Balaban J connectivity index is 2.19. The summed E-state index contributed by atoms with van der Waals surface area (Å²) < 4.78 is 30.9. The number of hydrogen-bond donors (Lipinski definition) is 0. The van der Waals surface area contributed by atoms with Crippen LogP contribution in [0.5, 0.6) is 5.75 Å². The average molecular weight is 354 g/mol. The molecule has 1 fully saturated rings. The van der Waals surface area contributed by atoms with Crippen molar-refractivity contribution in [1.29, 1.82) is 0 Å². The van der Waals surface area contributed by atoms with E-state index in [0.717, 1.165) is 12.0 Å². The second-order valence-electron chi connectivity index (χ2n) is 5.83. The van der Waals surface area contributed by atoms with Gasteiger partial charge in [-0.1, -0.05) is 13.0 Å². The molecule has 1 heterocycles. The zero-order valence-electron chi connectivity index (χ0n) is 14.6. The lowest BCUT2D eigenvalue weighted by atomic mass is 10.1. The summed E-state index contributed by atoms with van der Waals surface area (Å²) in [4.78, 5) is 14.6. The summed E-state index contributed by atoms with van der Waals surface area (Å²) in [5.41, 5.74) is 1.62. The molecule has 0 bridgehead atoms. The monoisotopic (exact) mass is 354 g/mol. The van der Waals surface area contributed by atoms with Gasteiger partial charge in [0.15, 0.2) is 0 Å². The molecule has 0 radical (unpaired) electrons. The number of ether oxygens (including phenoxy) is 1. The third kappa shape index (κ3) is 4.08. The van der Waals surface area contributed by atoms with E-state index < -0.39 is 10.0 Å². The topological polar surface area (TPSA) is 66.9 Å². The molecule has 134 valence electrons. The summed E-state index contributed by atoms with van der Waals surface area (Å²) in [5, 5.41) is 0. The Hall–Kier alpha value is -1.60. The van der Waals surface area contributed by atoms with Crippen LogP contribution in [0.3, 0.4) is 0 Å². The van der Waals surface area contributed by atoms with Crippen molar-refractivity contribution in [1.82, 2.24) is 9.21 Å². The predicted molar refractivity (Wildman–Crippen MR) is 93.9 cm³/mol. The molecular weight excluding hydrogens is 328 g/mol. The minimum atomic E-state index is -3.21. The number of benzene rings is 1. The van der Waals surface area contributed by atoms with Crippen LogP contribution in [-0.4, -0.2) is 62.6 Å². The Morgan fingerprint density at radius 3 is 2.54 bits per heavy atom. The molecule has 7 heteroatoms. The molecule has 1 aromatic rings. The minimum absolute atomic E-state index is 0.0906. The number of hydrogen-bond acceptors (Lipinski definition) is 4. The van der Waals surface area contributed by atoms with Crippen LogP contribution in [-0.2, 0) is 16.4 Å². The van der Waals surface area contributed by atoms with E-state index in [2.05, 4.69) is 0 Å². The first kappa shape index (κ1) is 18.7. The average Bonchev–Trinajstić information content (AvgIpc) is 2.87. The summed E-state index contributed by atoms with van der Waals surface area (Å²) in [5.74, 6) is 0.546. The van der Waals surface area contributed by atoms with E-state index in [-0.39, 0.29) is 11.7 Å². The standard InChI is InChI=1S/C17H26N2O4S/c1-4-14-7-8-16(23-3)15(13-14)17(20)18-9-6-10-19(12-11-18)24(21,22)5-2/h7-8,13H,4-6,9-12H2,1-3H3. The fourth-order valence-electron chi connectivity index (χ4n) is 2.87. The molecule has 1 aliphatic heterocycles. The second kappa shape index (κ2) is 7.98. The Morgan fingerprint density at radius 1 is 1.17 bits per heavy atom. The van der Waals surface area contributed by atoms with Crippen molar-refractivity contribution in [3.8, 4) is 5.75 Å². The first-order valence-electron chi connectivity index (χ1n) is 8.37. The highest BCUT2D eigenvalue weighted by molar-refractivity contribution is 7.89. The SMILES string of the molecule is CCc1ccc(OC)c(C(=O)N2CCCN(S(=O)(=O)CC)CC2)c1. The predicted octanol–water partition coefficient (Wildman–Crippen LogP) is 1.76. The van der Waals surface area contributed by atoms with Crippen LogP contribution >= 0.6 is 0 Å². The molecule has 24 heavy (non-hydrogen) atoms.